The van der Waals surface area contributed by atoms with E-state index in [-0.39, 0.29) is 11.4 Å². The van der Waals surface area contributed by atoms with Crippen LogP contribution >= 0.6 is 0 Å². The highest BCUT2D eigenvalue weighted by Crippen LogP contribution is 2.56. The summed E-state index contributed by atoms with van der Waals surface area (Å²) < 4.78 is 4.90. The molecule has 1 aliphatic heterocycles. The molecular weight excluding hydrogens is 116 g/mol. The van der Waals surface area contributed by atoms with Crippen molar-refractivity contribution in [1.82, 2.24) is 0 Å². The minimum atomic E-state index is -0.0573. The predicted molar refractivity (Wildman–Crippen MR) is 31.8 cm³/mol. The van der Waals surface area contributed by atoms with E-state index in [9.17, 15) is 4.79 Å². The van der Waals surface area contributed by atoms with E-state index in [1.807, 2.05) is 6.92 Å². The maximum absolute atomic E-state index is 10.9. The van der Waals surface area contributed by atoms with Crippen molar-refractivity contribution in [2.45, 2.75) is 19.8 Å². The third-order valence-electron chi connectivity index (χ3n) is 2.58. The SMILES string of the molecule is C[C@@]12C[C@@H]1CCOC2=O. The Kier molecular flexibility index (Phi) is 0.765. The number of esters is 1. The second-order valence-corrected chi connectivity index (χ2v) is 3.24. The van der Waals surface area contributed by atoms with Gasteiger partial charge in [0.15, 0.2) is 0 Å². The molecule has 1 aliphatic carbocycles. The van der Waals surface area contributed by atoms with E-state index in [4.69, 9.17) is 4.74 Å². The molecule has 0 N–H and O–H groups in total. The summed E-state index contributed by atoms with van der Waals surface area (Å²) in [5.74, 6) is 0.678. The summed E-state index contributed by atoms with van der Waals surface area (Å²) in [7, 11) is 0. The van der Waals surface area contributed by atoms with Crippen LogP contribution in [0.5, 0.6) is 0 Å². The lowest BCUT2D eigenvalue weighted by Crippen LogP contribution is -2.23. The van der Waals surface area contributed by atoms with E-state index < -0.39 is 0 Å². The fraction of sp³-hybridized carbons (Fsp3) is 0.857. The molecule has 0 aromatic rings. The van der Waals surface area contributed by atoms with Gasteiger partial charge in [-0.3, -0.25) is 4.79 Å². The number of rotatable bonds is 0. The normalized spacial score (nSPS) is 47.7. The van der Waals surface area contributed by atoms with Crippen molar-refractivity contribution in [3.05, 3.63) is 0 Å². The molecule has 2 atom stereocenters. The number of hydrogen-bond donors (Lipinski definition) is 0. The van der Waals surface area contributed by atoms with Crippen molar-refractivity contribution in [2.75, 3.05) is 6.61 Å². The fourth-order valence-corrected chi connectivity index (χ4v) is 1.58. The first kappa shape index (κ1) is 5.27. The third-order valence-corrected chi connectivity index (χ3v) is 2.58. The van der Waals surface area contributed by atoms with Gasteiger partial charge in [0, 0.05) is 0 Å². The first-order valence-corrected chi connectivity index (χ1v) is 3.41. The van der Waals surface area contributed by atoms with Crippen LogP contribution in [0.1, 0.15) is 19.8 Å². The van der Waals surface area contributed by atoms with Crippen LogP contribution in [-0.4, -0.2) is 12.6 Å². The van der Waals surface area contributed by atoms with E-state index in [0.29, 0.717) is 12.5 Å². The summed E-state index contributed by atoms with van der Waals surface area (Å²) in [5, 5.41) is 0. The summed E-state index contributed by atoms with van der Waals surface area (Å²) in [6.07, 6.45) is 2.15. The van der Waals surface area contributed by atoms with E-state index in [1.54, 1.807) is 0 Å². The molecule has 0 radical (unpaired) electrons. The smallest absolute Gasteiger partial charge is 0.312 e. The summed E-state index contributed by atoms with van der Waals surface area (Å²) in [5.41, 5.74) is -0.0573. The van der Waals surface area contributed by atoms with Gasteiger partial charge in [-0.2, -0.15) is 0 Å². The minimum Gasteiger partial charge on any atom is -0.465 e. The number of carbonyl (C=O) groups is 1. The number of carbonyl (C=O) groups excluding carboxylic acids is 1. The van der Waals surface area contributed by atoms with Gasteiger partial charge in [-0.15, -0.1) is 0 Å². The molecular formula is C7H10O2. The Balaban J connectivity index is 2.19. The first-order chi connectivity index (χ1) is 4.23. The van der Waals surface area contributed by atoms with Gasteiger partial charge in [0.25, 0.3) is 0 Å². The molecule has 9 heavy (non-hydrogen) atoms. The number of ether oxygens (including phenoxy) is 1. The Morgan fingerprint density at radius 2 is 2.56 bits per heavy atom. The van der Waals surface area contributed by atoms with E-state index in [0.717, 1.165) is 12.8 Å². The second-order valence-electron chi connectivity index (χ2n) is 3.24. The summed E-state index contributed by atoms with van der Waals surface area (Å²) in [6.45, 7) is 2.65. The van der Waals surface area contributed by atoms with Crippen LogP contribution in [-0.2, 0) is 9.53 Å². The molecule has 0 aromatic heterocycles. The van der Waals surface area contributed by atoms with Crippen molar-refractivity contribution in [2.24, 2.45) is 11.3 Å². The molecule has 0 unspecified atom stereocenters. The molecule has 1 saturated heterocycles. The van der Waals surface area contributed by atoms with Gasteiger partial charge in [0.2, 0.25) is 0 Å². The highest BCUT2D eigenvalue weighted by atomic mass is 16.5. The van der Waals surface area contributed by atoms with Crippen LogP contribution in [0.3, 0.4) is 0 Å². The Hall–Kier alpha value is -0.530. The van der Waals surface area contributed by atoms with Crippen molar-refractivity contribution in [3.63, 3.8) is 0 Å². The minimum absolute atomic E-state index is 0.0266. The molecule has 0 amide bonds. The fourth-order valence-electron chi connectivity index (χ4n) is 1.58. The molecule has 2 heteroatoms. The Morgan fingerprint density at radius 1 is 1.78 bits per heavy atom. The summed E-state index contributed by atoms with van der Waals surface area (Å²) >= 11 is 0. The van der Waals surface area contributed by atoms with E-state index in [2.05, 4.69) is 0 Å². The van der Waals surface area contributed by atoms with Gasteiger partial charge in [-0.05, 0) is 25.7 Å². The standard InChI is InChI=1S/C7H10O2/c1-7-4-5(7)2-3-9-6(7)8/h5H,2-4H2,1H3/t5-,7+/m0/s1. The third kappa shape index (κ3) is 0.533. The maximum atomic E-state index is 10.9. The largest absolute Gasteiger partial charge is 0.465 e. The van der Waals surface area contributed by atoms with Crippen LogP contribution in [0.25, 0.3) is 0 Å². The Morgan fingerprint density at radius 3 is 3.11 bits per heavy atom. The molecule has 2 aliphatic rings. The quantitative estimate of drug-likeness (QED) is 0.452. The number of fused-ring (bicyclic) bond motifs is 1. The van der Waals surface area contributed by atoms with E-state index in [1.165, 1.54) is 0 Å². The zero-order valence-electron chi connectivity index (χ0n) is 5.52. The highest BCUT2D eigenvalue weighted by Gasteiger charge is 2.58. The first-order valence-electron chi connectivity index (χ1n) is 3.41. The maximum Gasteiger partial charge on any atom is 0.312 e. The van der Waals surface area contributed by atoms with Crippen LogP contribution in [0, 0.1) is 11.3 Å². The van der Waals surface area contributed by atoms with Gasteiger partial charge in [-0.25, -0.2) is 0 Å². The lowest BCUT2D eigenvalue weighted by Gasteiger charge is -2.15. The highest BCUT2D eigenvalue weighted by molar-refractivity contribution is 5.80. The average Bonchev–Trinajstić information content (AvgIpc) is 2.44. The van der Waals surface area contributed by atoms with Crippen molar-refractivity contribution < 1.29 is 9.53 Å². The van der Waals surface area contributed by atoms with E-state index >= 15 is 0 Å². The van der Waals surface area contributed by atoms with Gasteiger partial charge in [0.1, 0.15) is 0 Å². The lowest BCUT2D eigenvalue weighted by atomic mass is 10.0. The van der Waals surface area contributed by atoms with Crippen LogP contribution in [0.4, 0.5) is 0 Å². The van der Waals surface area contributed by atoms with Crippen molar-refractivity contribution in [3.8, 4) is 0 Å². The Labute approximate surface area is 54.2 Å². The monoisotopic (exact) mass is 126 g/mol. The Bertz CT molecular complexity index is 164. The van der Waals surface area contributed by atoms with Gasteiger partial charge < -0.3 is 4.74 Å². The molecule has 1 heterocycles. The van der Waals surface area contributed by atoms with Gasteiger partial charge in [-0.1, -0.05) is 0 Å². The van der Waals surface area contributed by atoms with Gasteiger partial charge >= 0.3 is 5.97 Å². The lowest BCUT2D eigenvalue weighted by molar-refractivity contribution is -0.153. The predicted octanol–water partition coefficient (Wildman–Crippen LogP) is 0.960. The molecule has 2 rings (SSSR count). The molecule has 2 nitrogen and oxygen atoms in total. The zero-order chi connectivity index (χ0) is 6.48. The van der Waals surface area contributed by atoms with Gasteiger partial charge in [0.05, 0.1) is 12.0 Å². The summed E-state index contributed by atoms with van der Waals surface area (Å²) in [4.78, 5) is 10.9. The van der Waals surface area contributed by atoms with Crippen LogP contribution in [0.15, 0.2) is 0 Å². The molecule has 0 aromatic carbocycles. The zero-order valence-corrected chi connectivity index (χ0v) is 5.52. The molecule has 0 spiro atoms. The topological polar surface area (TPSA) is 26.3 Å². The second kappa shape index (κ2) is 1.31. The van der Waals surface area contributed by atoms with Crippen LogP contribution < -0.4 is 0 Å². The molecule has 1 saturated carbocycles. The van der Waals surface area contributed by atoms with Crippen LogP contribution in [0.2, 0.25) is 0 Å². The number of hydrogen-bond acceptors (Lipinski definition) is 2. The number of cyclic esters (lactones) is 1. The van der Waals surface area contributed by atoms with Crippen molar-refractivity contribution >= 4 is 5.97 Å². The summed E-state index contributed by atoms with van der Waals surface area (Å²) in [6, 6.07) is 0. The van der Waals surface area contributed by atoms with Crippen molar-refractivity contribution in [1.29, 1.82) is 0 Å². The molecule has 50 valence electrons. The average molecular weight is 126 g/mol. The molecule has 2 fully saturated rings. The molecule has 0 bridgehead atoms.